The largest absolute Gasteiger partial charge is 0.494 e. The number of carbonyl (C=O) groups is 2. The number of ether oxygens (including phenoxy) is 2. The van der Waals surface area contributed by atoms with Gasteiger partial charge in [0.15, 0.2) is 12.4 Å². The van der Waals surface area contributed by atoms with Crippen LogP contribution in [0.5, 0.6) is 11.5 Å². The number of hydrogen-bond donors (Lipinski definition) is 3. The Kier molecular flexibility index (Phi) is 7.76. The molecule has 0 spiro atoms. The maximum absolute atomic E-state index is 12.2. The summed E-state index contributed by atoms with van der Waals surface area (Å²) < 4.78 is 11.4. The number of hydrogen-bond acceptors (Lipinski definition) is 7. The fourth-order valence-corrected chi connectivity index (χ4v) is 3.77. The van der Waals surface area contributed by atoms with Crippen molar-refractivity contribution in [3.8, 4) is 22.9 Å². The molecule has 3 aromatic carbocycles. The number of amides is 2. The second-order valence-electron chi connectivity index (χ2n) is 9.69. The van der Waals surface area contributed by atoms with Gasteiger partial charge in [-0.25, -0.2) is 9.97 Å². The van der Waals surface area contributed by atoms with E-state index in [1.807, 2.05) is 58.0 Å². The van der Waals surface area contributed by atoms with Gasteiger partial charge in [0.2, 0.25) is 5.91 Å². The third kappa shape index (κ3) is 6.76. The highest BCUT2D eigenvalue weighted by molar-refractivity contribution is 5.95. The number of anilines is 2. The van der Waals surface area contributed by atoms with Crippen LogP contribution in [0.25, 0.3) is 22.3 Å². The van der Waals surface area contributed by atoms with Gasteiger partial charge >= 0.3 is 0 Å². The molecule has 9 nitrogen and oxygen atoms in total. The normalized spacial score (nSPS) is 11.2. The van der Waals surface area contributed by atoms with E-state index in [-0.39, 0.29) is 18.1 Å². The van der Waals surface area contributed by atoms with E-state index in [2.05, 4.69) is 10.6 Å². The molecule has 38 heavy (non-hydrogen) atoms. The first-order valence-corrected chi connectivity index (χ1v) is 12.3. The Morgan fingerprint density at radius 1 is 0.921 bits per heavy atom. The number of primary amides is 1. The number of benzene rings is 3. The van der Waals surface area contributed by atoms with Crippen molar-refractivity contribution in [3.63, 3.8) is 0 Å². The number of nitrogens with one attached hydrogen (secondary N) is 2. The van der Waals surface area contributed by atoms with Crippen LogP contribution in [0.4, 0.5) is 11.5 Å². The Hall–Kier alpha value is -4.66. The van der Waals surface area contributed by atoms with Crippen molar-refractivity contribution in [3.05, 3.63) is 72.3 Å². The number of aromatic nitrogens is 2. The molecule has 0 aliphatic rings. The lowest BCUT2D eigenvalue weighted by molar-refractivity contribution is -0.124. The van der Waals surface area contributed by atoms with Gasteiger partial charge in [0.05, 0.1) is 12.1 Å². The summed E-state index contributed by atoms with van der Waals surface area (Å²) in [6, 6.07) is 19.7. The molecule has 0 atom stereocenters. The molecule has 0 aliphatic carbocycles. The molecule has 0 saturated carbocycles. The summed E-state index contributed by atoms with van der Waals surface area (Å²) in [7, 11) is 0. The van der Waals surface area contributed by atoms with Crippen LogP contribution in [-0.4, -0.2) is 40.5 Å². The molecule has 0 unspecified atom stereocenters. The molecule has 4 rings (SSSR count). The fraction of sp³-hybridized carbons (Fsp3) is 0.241. The first-order valence-electron chi connectivity index (χ1n) is 12.3. The van der Waals surface area contributed by atoms with Gasteiger partial charge in [0, 0.05) is 27.7 Å². The molecule has 1 aromatic heterocycles. The smallest absolute Gasteiger partial charge is 0.258 e. The van der Waals surface area contributed by atoms with Crippen LogP contribution < -0.4 is 25.8 Å². The van der Waals surface area contributed by atoms with Gasteiger partial charge < -0.3 is 25.8 Å². The van der Waals surface area contributed by atoms with Gasteiger partial charge in [0.1, 0.15) is 17.3 Å². The summed E-state index contributed by atoms with van der Waals surface area (Å²) in [6.07, 6.45) is 0. The van der Waals surface area contributed by atoms with Crippen molar-refractivity contribution >= 4 is 34.2 Å². The van der Waals surface area contributed by atoms with Gasteiger partial charge in [-0.15, -0.1) is 0 Å². The van der Waals surface area contributed by atoms with Crippen LogP contribution in [0.3, 0.4) is 0 Å². The maximum atomic E-state index is 12.2. The summed E-state index contributed by atoms with van der Waals surface area (Å²) in [5.41, 5.74) is 7.61. The lowest BCUT2D eigenvalue weighted by Crippen LogP contribution is -2.43. The predicted molar refractivity (Wildman–Crippen MR) is 148 cm³/mol. The SMILES string of the molecule is CCOc1ccc2nc(-c3cccc(OCC(=O)NC(C)(C)C)c3)nc(Nc3ccc(C(N)=O)cc3)c2c1. The van der Waals surface area contributed by atoms with Gasteiger partial charge in [-0.05, 0) is 82.3 Å². The Morgan fingerprint density at radius 2 is 1.66 bits per heavy atom. The van der Waals surface area contributed by atoms with Crippen molar-refractivity contribution in [1.29, 1.82) is 0 Å². The van der Waals surface area contributed by atoms with E-state index in [9.17, 15) is 9.59 Å². The second-order valence-corrected chi connectivity index (χ2v) is 9.69. The molecule has 0 bridgehead atoms. The number of fused-ring (bicyclic) bond motifs is 1. The van der Waals surface area contributed by atoms with Crippen LogP contribution in [0.2, 0.25) is 0 Å². The Labute approximate surface area is 221 Å². The van der Waals surface area contributed by atoms with Crippen molar-refractivity contribution < 1.29 is 19.1 Å². The summed E-state index contributed by atoms with van der Waals surface area (Å²) in [4.78, 5) is 33.2. The third-order valence-corrected chi connectivity index (χ3v) is 5.39. The standard InChI is InChI=1S/C29H31N5O4/c1-5-37-22-13-14-24-23(16-22)28(31-20-11-9-18(10-12-20)26(30)36)33-27(32-24)19-7-6-8-21(15-19)38-17-25(35)34-29(2,3)4/h6-16H,5,17H2,1-4H3,(H2,30,36)(H,34,35)(H,31,32,33). The number of nitrogens with zero attached hydrogens (tertiary/aromatic N) is 2. The van der Waals surface area contributed by atoms with Crippen LogP contribution in [-0.2, 0) is 4.79 Å². The highest BCUT2D eigenvalue weighted by atomic mass is 16.5. The second kappa shape index (κ2) is 11.2. The van der Waals surface area contributed by atoms with Gasteiger partial charge in [-0.1, -0.05) is 12.1 Å². The van der Waals surface area contributed by atoms with E-state index in [0.29, 0.717) is 40.8 Å². The van der Waals surface area contributed by atoms with Crippen molar-refractivity contribution in [2.24, 2.45) is 5.73 Å². The highest BCUT2D eigenvalue weighted by Crippen LogP contribution is 2.31. The van der Waals surface area contributed by atoms with E-state index < -0.39 is 5.91 Å². The topological polar surface area (TPSA) is 128 Å². The zero-order valence-electron chi connectivity index (χ0n) is 21.9. The summed E-state index contributed by atoms with van der Waals surface area (Å²) in [6.45, 7) is 8.09. The van der Waals surface area contributed by atoms with Crippen molar-refractivity contribution in [1.82, 2.24) is 15.3 Å². The number of nitrogens with two attached hydrogens (primary N) is 1. The minimum absolute atomic E-state index is 0.104. The molecule has 0 fully saturated rings. The Balaban J connectivity index is 1.67. The van der Waals surface area contributed by atoms with Crippen LogP contribution in [0.1, 0.15) is 38.1 Å². The van der Waals surface area contributed by atoms with E-state index in [0.717, 1.165) is 16.6 Å². The average Bonchev–Trinajstić information content (AvgIpc) is 2.87. The average molecular weight is 514 g/mol. The molecule has 4 aromatic rings. The van der Waals surface area contributed by atoms with E-state index in [1.165, 1.54) is 0 Å². The summed E-state index contributed by atoms with van der Waals surface area (Å²) in [5, 5.41) is 6.97. The summed E-state index contributed by atoms with van der Waals surface area (Å²) in [5.74, 6) is 1.57. The molecule has 4 N–H and O–H groups in total. The predicted octanol–water partition coefficient (Wildman–Crippen LogP) is 4.83. The molecular formula is C29H31N5O4. The lowest BCUT2D eigenvalue weighted by atomic mass is 10.1. The van der Waals surface area contributed by atoms with Crippen LogP contribution >= 0.6 is 0 Å². The van der Waals surface area contributed by atoms with Crippen LogP contribution in [0.15, 0.2) is 66.7 Å². The Morgan fingerprint density at radius 3 is 2.34 bits per heavy atom. The lowest BCUT2D eigenvalue weighted by Gasteiger charge is -2.20. The van der Waals surface area contributed by atoms with Crippen LogP contribution in [0, 0.1) is 0 Å². The van der Waals surface area contributed by atoms with Crippen molar-refractivity contribution in [2.75, 3.05) is 18.5 Å². The molecule has 0 saturated heterocycles. The fourth-order valence-electron chi connectivity index (χ4n) is 3.77. The Bertz CT molecular complexity index is 1460. The molecule has 196 valence electrons. The third-order valence-electron chi connectivity index (χ3n) is 5.39. The van der Waals surface area contributed by atoms with Gasteiger partial charge in [0.25, 0.3) is 5.91 Å². The highest BCUT2D eigenvalue weighted by Gasteiger charge is 2.15. The van der Waals surface area contributed by atoms with Crippen molar-refractivity contribution in [2.45, 2.75) is 33.2 Å². The zero-order valence-corrected chi connectivity index (χ0v) is 21.9. The molecule has 1 heterocycles. The van der Waals surface area contributed by atoms with E-state index in [4.69, 9.17) is 25.2 Å². The van der Waals surface area contributed by atoms with Gasteiger partial charge in [-0.2, -0.15) is 0 Å². The molecule has 9 heteroatoms. The first-order chi connectivity index (χ1) is 18.1. The minimum atomic E-state index is -0.495. The molecule has 0 aliphatic heterocycles. The minimum Gasteiger partial charge on any atom is -0.494 e. The molecular weight excluding hydrogens is 482 g/mol. The van der Waals surface area contributed by atoms with E-state index >= 15 is 0 Å². The monoisotopic (exact) mass is 513 g/mol. The van der Waals surface area contributed by atoms with Gasteiger partial charge in [-0.3, -0.25) is 9.59 Å². The van der Waals surface area contributed by atoms with E-state index in [1.54, 1.807) is 36.4 Å². The molecule has 0 radical (unpaired) electrons. The first kappa shape index (κ1) is 26.4. The zero-order chi connectivity index (χ0) is 27.3. The number of carbonyl (C=O) groups excluding carboxylic acids is 2. The summed E-state index contributed by atoms with van der Waals surface area (Å²) >= 11 is 0. The molecule has 2 amide bonds. The number of rotatable bonds is 9. The quantitative estimate of drug-likeness (QED) is 0.292. The maximum Gasteiger partial charge on any atom is 0.258 e.